The number of aliphatic hydroxyl groups is 1. The topological polar surface area (TPSA) is 32.7 Å². The van der Waals surface area contributed by atoms with Crippen LogP contribution in [0.1, 0.15) is 24.5 Å². The lowest BCUT2D eigenvalue weighted by molar-refractivity contribution is 0.0856. The highest BCUT2D eigenvalue weighted by molar-refractivity contribution is 5.29. The largest absolute Gasteiger partial charge is 0.497 e. The van der Waals surface area contributed by atoms with Crippen molar-refractivity contribution in [2.45, 2.75) is 25.0 Å². The third-order valence-corrected chi connectivity index (χ3v) is 3.40. The van der Waals surface area contributed by atoms with Crippen LogP contribution < -0.4 is 4.74 Å². The van der Waals surface area contributed by atoms with Gasteiger partial charge in [0.15, 0.2) is 0 Å². The first-order valence-electron chi connectivity index (χ1n) is 5.74. The van der Waals surface area contributed by atoms with Crippen LogP contribution in [0.2, 0.25) is 0 Å². The molecule has 3 nitrogen and oxygen atoms in total. The Kier molecular flexibility index (Phi) is 3.46. The van der Waals surface area contributed by atoms with Gasteiger partial charge in [-0.05, 0) is 44.1 Å². The summed E-state index contributed by atoms with van der Waals surface area (Å²) in [6, 6.07) is 7.93. The van der Waals surface area contributed by atoms with E-state index in [4.69, 9.17) is 4.74 Å². The molecular formula is C13H19NO2. The number of hydrogen-bond acceptors (Lipinski definition) is 3. The van der Waals surface area contributed by atoms with E-state index in [2.05, 4.69) is 11.9 Å². The van der Waals surface area contributed by atoms with Crippen LogP contribution in [0.25, 0.3) is 0 Å². The summed E-state index contributed by atoms with van der Waals surface area (Å²) in [5.41, 5.74) is 0.972. The highest BCUT2D eigenvalue weighted by atomic mass is 16.5. The number of likely N-dealkylation sites (N-methyl/N-ethyl adjacent to an activating group) is 1. The molecule has 1 aliphatic rings. The van der Waals surface area contributed by atoms with Crippen LogP contribution in [-0.4, -0.2) is 36.8 Å². The summed E-state index contributed by atoms with van der Waals surface area (Å²) in [5.74, 6) is 0.829. The summed E-state index contributed by atoms with van der Waals surface area (Å²) in [6.45, 7) is 1.08. The van der Waals surface area contributed by atoms with Crippen LogP contribution in [-0.2, 0) is 0 Å². The number of hydrogen-bond donors (Lipinski definition) is 1. The Morgan fingerprint density at radius 3 is 2.56 bits per heavy atom. The second-order valence-electron chi connectivity index (χ2n) is 4.41. The van der Waals surface area contributed by atoms with Crippen LogP contribution in [0.3, 0.4) is 0 Å². The number of nitrogens with zero attached hydrogens (tertiary/aromatic N) is 1. The van der Waals surface area contributed by atoms with Crippen LogP contribution >= 0.6 is 0 Å². The van der Waals surface area contributed by atoms with Crippen molar-refractivity contribution >= 4 is 0 Å². The van der Waals surface area contributed by atoms with E-state index in [-0.39, 0.29) is 6.04 Å². The molecule has 1 saturated heterocycles. The number of ether oxygens (including phenoxy) is 1. The van der Waals surface area contributed by atoms with Crippen molar-refractivity contribution in [1.82, 2.24) is 4.90 Å². The van der Waals surface area contributed by atoms with Crippen LogP contribution in [0.5, 0.6) is 5.75 Å². The van der Waals surface area contributed by atoms with Gasteiger partial charge in [-0.15, -0.1) is 0 Å². The molecule has 2 atom stereocenters. The van der Waals surface area contributed by atoms with E-state index in [0.29, 0.717) is 0 Å². The van der Waals surface area contributed by atoms with E-state index in [1.165, 1.54) is 6.42 Å². The zero-order valence-corrected chi connectivity index (χ0v) is 9.89. The molecule has 0 saturated carbocycles. The molecule has 0 aliphatic carbocycles. The highest BCUT2D eigenvalue weighted by Gasteiger charge is 2.28. The molecule has 88 valence electrons. The Hall–Kier alpha value is -1.06. The zero-order chi connectivity index (χ0) is 11.5. The minimum Gasteiger partial charge on any atom is -0.497 e. The van der Waals surface area contributed by atoms with E-state index in [1.807, 2.05) is 24.3 Å². The number of aliphatic hydroxyl groups excluding tert-OH is 1. The van der Waals surface area contributed by atoms with Crippen LogP contribution in [0.15, 0.2) is 24.3 Å². The van der Waals surface area contributed by atoms with Gasteiger partial charge in [-0.3, -0.25) is 0 Å². The fourth-order valence-electron chi connectivity index (χ4n) is 2.36. The first-order chi connectivity index (χ1) is 7.72. The summed E-state index contributed by atoms with van der Waals surface area (Å²) in [5, 5.41) is 10.3. The lowest BCUT2D eigenvalue weighted by atomic mass is 10.0. The van der Waals surface area contributed by atoms with E-state index < -0.39 is 6.10 Å². The number of benzene rings is 1. The van der Waals surface area contributed by atoms with Crippen molar-refractivity contribution in [3.63, 3.8) is 0 Å². The Labute approximate surface area is 96.6 Å². The summed E-state index contributed by atoms with van der Waals surface area (Å²) in [4.78, 5) is 2.23. The second-order valence-corrected chi connectivity index (χ2v) is 4.41. The molecule has 16 heavy (non-hydrogen) atoms. The average molecular weight is 221 g/mol. The summed E-state index contributed by atoms with van der Waals surface area (Å²) in [7, 11) is 3.72. The van der Waals surface area contributed by atoms with Gasteiger partial charge in [0.1, 0.15) is 5.75 Å². The van der Waals surface area contributed by atoms with Gasteiger partial charge in [0.2, 0.25) is 0 Å². The molecule has 2 rings (SSSR count). The zero-order valence-electron chi connectivity index (χ0n) is 9.89. The van der Waals surface area contributed by atoms with Gasteiger partial charge >= 0.3 is 0 Å². The first kappa shape index (κ1) is 11.4. The van der Waals surface area contributed by atoms with Crippen molar-refractivity contribution < 1.29 is 9.84 Å². The predicted molar refractivity (Wildman–Crippen MR) is 63.6 cm³/mol. The molecule has 2 unspecified atom stereocenters. The van der Waals surface area contributed by atoms with E-state index in [1.54, 1.807) is 7.11 Å². The fourth-order valence-corrected chi connectivity index (χ4v) is 2.36. The van der Waals surface area contributed by atoms with Gasteiger partial charge < -0.3 is 14.7 Å². The molecule has 0 amide bonds. The summed E-state index contributed by atoms with van der Waals surface area (Å²) >= 11 is 0. The van der Waals surface area contributed by atoms with E-state index >= 15 is 0 Å². The maximum atomic E-state index is 10.3. The standard InChI is InChI=1S/C13H19NO2/c1-14-9-3-4-12(14)13(15)10-5-7-11(16-2)8-6-10/h5-8,12-13,15H,3-4,9H2,1-2H3. The van der Waals surface area contributed by atoms with Gasteiger partial charge in [-0.25, -0.2) is 0 Å². The molecule has 0 radical (unpaired) electrons. The van der Waals surface area contributed by atoms with E-state index in [9.17, 15) is 5.11 Å². The smallest absolute Gasteiger partial charge is 0.118 e. The minimum absolute atomic E-state index is 0.258. The second kappa shape index (κ2) is 4.85. The molecule has 1 aromatic rings. The normalized spacial score (nSPS) is 23.3. The molecule has 0 spiro atoms. The van der Waals surface area contributed by atoms with Crippen molar-refractivity contribution in [2.24, 2.45) is 0 Å². The van der Waals surface area contributed by atoms with Gasteiger partial charge in [-0.1, -0.05) is 12.1 Å². The number of rotatable bonds is 3. The van der Waals surface area contributed by atoms with Crippen molar-refractivity contribution in [1.29, 1.82) is 0 Å². The molecule has 1 heterocycles. The molecule has 1 aliphatic heterocycles. The van der Waals surface area contributed by atoms with Crippen molar-refractivity contribution in [2.75, 3.05) is 20.7 Å². The summed E-state index contributed by atoms with van der Waals surface area (Å²) < 4.78 is 5.10. The Balaban J connectivity index is 2.10. The van der Waals surface area contributed by atoms with Crippen molar-refractivity contribution in [3.05, 3.63) is 29.8 Å². The van der Waals surface area contributed by atoms with Gasteiger partial charge in [0.25, 0.3) is 0 Å². The monoisotopic (exact) mass is 221 g/mol. The number of likely N-dealkylation sites (tertiary alicyclic amines) is 1. The quantitative estimate of drug-likeness (QED) is 0.845. The molecule has 3 heteroatoms. The Morgan fingerprint density at radius 2 is 2.06 bits per heavy atom. The molecule has 1 N–H and O–H groups in total. The lowest BCUT2D eigenvalue weighted by Crippen LogP contribution is -2.31. The van der Waals surface area contributed by atoms with Gasteiger partial charge in [0, 0.05) is 6.04 Å². The van der Waals surface area contributed by atoms with E-state index in [0.717, 1.165) is 24.3 Å². The Bertz CT molecular complexity index is 336. The van der Waals surface area contributed by atoms with Gasteiger partial charge in [-0.2, -0.15) is 0 Å². The molecule has 1 fully saturated rings. The molecule has 0 bridgehead atoms. The maximum Gasteiger partial charge on any atom is 0.118 e. The minimum atomic E-state index is -0.390. The Morgan fingerprint density at radius 1 is 1.38 bits per heavy atom. The molecular weight excluding hydrogens is 202 g/mol. The molecule has 1 aromatic carbocycles. The van der Waals surface area contributed by atoms with Crippen molar-refractivity contribution in [3.8, 4) is 5.75 Å². The SMILES string of the molecule is COc1ccc(C(O)C2CCCN2C)cc1. The lowest BCUT2D eigenvalue weighted by Gasteiger charge is -2.25. The number of methoxy groups -OCH3 is 1. The third kappa shape index (κ3) is 2.20. The first-order valence-corrected chi connectivity index (χ1v) is 5.74. The highest BCUT2D eigenvalue weighted by Crippen LogP contribution is 2.28. The third-order valence-electron chi connectivity index (χ3n) is 3.40. The summed E-state index contributed by atoms with van der Waals surface area (Å²) in [6.07, 6.45) is 1.86. The van der Waals surface area contributed by atoms with Gasteiger partial charge in [0.05, 0.1) is 13.2 Å². The molecule has 0 aromatic heterocycles. The average Bonchev–Trinajstić information content (AvgIpc) is 2.75. The maximum absolute atomic E-state index is 10.3. The fraction of sp³-hybridized carbons (Fsp3) is 0.538. The predicted octanol–water partition coefficient (Wildman–Crippen LogP) is 1.82. The van der Waals surface area contributed by atoms with Crippen LogP contribution in [0.4, 0.5) is 0 Å². The van der Waals surface area contributed by atoms with Crippen LogP contribution in [0, 0.1) is 0 Å².